The SMILES string of the molecule is O=C(CSc1nncn1-c1cccc(Cl)c1)Nc1ccc(NC(=O)C2CC2)cc1. The van der Waals surface area contributed by atoms with Gasteiger partial charge in [0.15, 0.2) is 5.16 Å². The third-order valence-corrected chi connectivity index (χ3v) is 5.50. The lowest BCUT2D eigenvalue weighted by molar-refractivity contribution is -0.117. The molecule has 2 aromatic carbocycles. The second kappa shape index (κ2) is 8.67. The van der Waals surface area contributed by atoms with Gasteiger partial charge in [0.05, 0.1) is 11.4 Å². The average Bonchev–Trinajstić information content (AvgIpc) is 3.46. The first-order valence-corrected chi connectivity index (χ1v) is 10.4. The lowest BCUT2D eigenvalue weighted by atomic mass is 10.2. The van der Waals surface area contributed by atoms with Crippen LogP contribution in [0.2, 0.25) is 5.02 Å². The molecule has 1 aliphatic rings. The van der Waals surface area contributed by atoms with Crippen molar-refractivity contribution in [2.75, 3.05) is 16.4 Å². The molecule has 0 radical (unpaired) electrons. The maximum atomic E-state index is 12.3. The molecule has 0 bridgehead atoms. The predicted octanol–water partition coefficient (Wildman–Crippen LogP) is 4.00. The van der Waals surface area contributed by atoms with Crippen molar-refractivity contribution in [3.63, 3.8) is 0 Å². The van der Waals surface area contributed by atoms with Crippen LogP contribution >= 0.6 is 23.4 Å². The number of anilines is 2. The van der Waals surface area contributed by atoms with Crippen LogP contribution in [0.15, 0.2) is 60.0 Å². The minimum atomic E-state index is -0.162. The summed E-state index contributed by atoms with van der Waals surface area (Å²) in [6, 6.07) is 14.4. The summed E-state index contributed by atoms with van der Waals surface area (Å²) >= 11 is 7.32. The van der Waals surface area contributed by atoms with E-state index in [1.165, 1.54) is 11.8 Å². The minimum Gasteiger partial charge on any atom is -0.326 e. The summed E-state index contributed by atoms with van der Waals surface area (Å²) in [6.07, 6.45) is 3.51. The maximum absolute atomic E-state index is 12.3. The molecular weight excluding hydrogens is 410 g/mol. The zero-order valence-corrected chi connectivity index (χ0v) is 16.9. The van der Waals surface area contributed by atoms with Crippen LogP contribution in [0.4, 0.5) is 11.4 Å². The van der Waals surface area contributed by atoms with Gasteiger partial charge in [0.1, 0.15) is 6.33 Å². The average molecular weight is 428 g/mol. The van der Waals surface area contributed by atoms with Gasteiger partial charge in [-0.25, -0.2) is 0 Å². The van der Waals surface area contributed by atoms with Gasteiger partial charge in [-0.2, -0.15) is 0 Å². The number of nitrogens with one attached hydrogen (secondary N) is 2. The van der Waals surface area contributed by atoms with Gasteiger partial charge in [-0.05, 0) is 55.3 Å². The molecule has 1 aliphatic carbocycles. The van der Waals surface area contributed by atoms with Crippen molar-refractivity contribution in [3.05, 3.63) is 59.9 Å². The normalized spacial score (nSPS) is 13.1. The molecule has 2 amide bonds. The third kappa shape index (κ3) is 5.16. The van der Waals surface area contributed by atoms with E-state index in [2.05, 4.69) is 20.8 Å². The van der Waals surface area contributed by atoms with Gasteiger partial charge < -0.3 is 10.6 Å². The molecule has 0 saturated heterocycles. The molecule has 2 N–H and O–H groups in total. The summed E-state index contributed by atoms with van der Waals surface area (Å²) in [5, 5.41) is 14.9. The van der Waals surface area contributed by atoms with Crippen molar-refractivity contribution in [2.24, 2.45) is 5.92 Å². The largest absolute Gasteiger partial charge is 0.326 e. The standard InChI is InChI=1S/C20H18ClN5O2S/c21-14-2-1-3-17(10-14)26-12-22-25-20(26)29-11-18(27)23-15-6-8-16(9-7-15)24-19(28)13-4-5-13/h1-3,6-10,12-13H,4-5,11H2,(H,23,27)(H,24,28). The Morgan fingerprint density at radius 3 is 2.52 bits per heavy atom. The number of hydrogen-bond acceptors (Lipinski definition) is 5. The Morgan fingerprint density at radius 2 is 1.83 bits per heavy atom. The number of benzene rings is 2. The van der Waals surface area contributed by atoms with E-state index in [-0.39, 0.29) is 23.5 Å². The lowest BCUT2D eigenvalue weighted by Gasteiger charge is -2.08. The maximum Gasteiger partial charge on any atom is 0.234 e. The number of amides is 2. The molecule has 7 nitrogen and oxygen atoms in total. The summed E-state index contributed by atoms with van der Waals surface area (Å²) in [4.78, 5) is 24.1. The first kappa shape index (κ1) is 19.5. The van der Waals surface area contributed by atoms with E-state index in [0.29, 0.717) is 15.9 Å². The molecule has 1 fully saturated rings. The van der Waals surface area contributed by atoms with E-state index in [0.717, 1.165) is 24.2 Å². The van der Waals surface area contributed by atoms with Crippen molar-refractivity contribution in [3.8, 4) is 5.69 Å². The van der Waals surface area contributed by atoms with E-state index in [9.17, 15) is 9.59 Å². The van der Waals surface area contributed by atoms with Crippen LogP contribution in [-0.4, -0.2) is 32.3 Å². The van der Waals surface area contributed by atoms with Crippen molar-refractivity contribution in [1.29, 1.82) is 0 Å². The molecule has 1 saturated carbocycles. The number of carbonyl (C=O) groups is 2. The Morgan fingerprint density at radius 1 is 1.10 bits per heavy atom. The number of aromatic nitrogens is 3. The molecule has 1 heterocycles. The van der Waals surface area contributed by atoms with Crippen molar-refractivity contribution in [2.45, 2.75) is 18.0 Å². The highest BCUT2D eigenvalue weighted by molar-refractivity contribution is 7.99. The summed E-state index contributed by atoms with van der Waals surface area (Å²) in [6.45, 7) is 0. The summed E-state index contributed by atoms with van der Waals surface area (Å²) in [7, 11) is 0. The Balaban J connectivity index is 1.31. The quantitative estimate of drug-likeness (QED) is 0.556. The first-order chi connectivity index (χ1) is 14.1. The van der Waals surface area contributed by atoms with E-state index in [4.69, 9.17) is 11.6 Å². The van der Waals surface area contributed by atoms with E-state index < -0.39 is 0 Å². The minimum absolute atomic E-state index is 0.0574. The fraction of sp³-hybridized carbons (Fsp3) is 0.200. The van der Waals surface area contributed by atoms with E-state index >= 15 is 0 Å². The second-order valence-corrected chi connectivity index (χ2v) is 8.02. The highest BCUT2D eigenvalue weighted by atomic mass is 35.5. The molecule has 4 rings (SSSR count). The molecule has 9 heteroatoms. The van der Waals surface area contributed by atoms with Crippen LogP contribution in [0.3, 0.4) is 0 Å². The smallest absolute Gasteiger partial charge is 0.234 e. The lowest BCUT2D eigenvalue weighted by Crippen LogP contribution is -2.15. The molecule has 0 unspecified atom stereocenters. The first-order valence-electron chi connectivity index (χ1n) is 9.08. The number of nitrogens with zero attached hydrogens (tertiary/aromatic N) is 3. The van der Waals surface area contributed by atoms with Crippen LogP contribution in [0.1, 0.15) is 12.8 Å². The van der Waals surface area contributed by atoms with E-state index in [1.807, 2.05) is 12.1 Å². The number of halogens is 1. The van der Waals surface area contributed by atoms with Crippen molar-refractivity contribution >= 4 is 46.6 Å². The molecule has 29 heavy (non-hydrogen) atoms. The fourth-order valence-electron chi connectivity index (χ4n) is 2.68. The molecular formula is C20H18ClN5O2S. The number of thioether (sulfide) groups is 1. The summed E-state index contributed by atoms with van der Waals surface area (Å²) in [5.74, 6) is 0.229. The molecule has 0 spiro atoms. The highest BCUT2D eigenvalue weighted by Gasteiger charge is 2.29. The Bertz CT molecular complexity index is 1030. The van der Waals surface area contributed by atoms with Crippen LogP contribution in [0.25, 0.3) is 5.69 Å². The topological polar surface area (TPSA) is 88.9 Å². The number of hydrogen-bond donors (Lipinski definition) is 2. The zero-order chi connectivity index (χ0) is 20.2. The van der Waals surface area contributed by atoms with Gasteiger partial charge in [0.2, 0.25) is 11.8 Å². The molecule has 0 atom stereocenters. The number of carbonyl (C=O) groups excluding carboxylic acids is 2. The van der Waals surface area contributed by atoms with Crippen LogP contribution in [0, 0.1) is 5.92 Å². The fourth-order valence-corrected chi connectivity index (χ4v) is 3.59. The summed E-state index contributed by atoms with van der Waals surface area (Å²) < 4.78 is 1.78. The molecule has 148 valence electrons. The Kier molecular flexibility index (Phi) is 5.82. The Hall–Kier alpha value is -2.84. The van der Waals surface area contributed by atoms with Crippen molar-refractivity contribution in [1.82, 2.24) is 14.8 Å². The predicted molar refractivity (Wildman–Crippen MR) is 114 cm³/mol. The van der Waals surface area contributed by atoms with Gasteiger partial charge in [-0.1, -0.05) is 29.4 Å². The third-order valence-electron chi connectivity index (χ3n) is 4.32. The van der Waals surface area contributed by atoms with Crippen LogP contribution in [-0.2, 0) is 9.59 Å². The van der Waals surface area contributed by atoms with E-state index in [1.54, 1.807) is 47.3 Å². The van der Waals surface area contributed by atoms with Crippen molar-refractivity contribution < 1.29 is 9.59 Å². The van der Waals surface area contributed by atoms with Crippen LogP contribution < -0.4 is 10.6 Å². The van der Waals surface area contributed by atoms with Crippen LogP contribution in [0.5, 0.6) is 0 Å². The van der Waals surface area contributed by atoms with Gasteiger partial charge in [0, 0.05) is 22.3 Å². The molecule has 3 aromatic rings. The zero-order valence-electron chi connectivity index (χ0n) is 15.3. The Labute approximate surface area is 176 Å². The monoisotopic (exact) mass is 427 g/mol. The van der Waals surface area contributed by atoms with Gasteiger partial charge in [-0.3, -0.25) is 14.2 Å². The highest BCUT2D eigenvalue weighted by Crippen LogP contribution is 2.30. The number of rotatable bonds is 7. The molecule has 0 aliphatic heterocycles. The summed E-state index contributed by atoms with van der Waals surface area (Å²) in [5.41, 5.74) is 2.22. The van der Waals surface area contributed by atoms with Gasteiger partial charge in [-0.15, -0.1) is 10.2 Å². The van der Waals surface area contributed by atoms with Gasteiger partial charge in [0.25, 0.3) is 0 Å². The second-order valence-electron chi connectivity index (χ2n) is 6.64. The molecule has 1 aromatic heterocycles. The van der Waals surface area contributed by atoms with Gasteiger partial charge >= 0.3 is 0 Å².